The van der Waals surface area contributed by atoms with Crippen molar-refractivity contribution in [3.8, 4) is 5.69 Å². The Bertz CT molecular complexity index is 864. The number of nitrogens with one attached hydrogen (secondary N) is 1. The molecule has 0 aliphatic carbocycles. The molecule has 1 N–H and O–H groups in total. The van der Waals surface area contributed by atoms with E-state index in [0.717, 1.165) is 0 Å². The van der Waals surface area contributed by atoms with E-state index in [2.05, 4.69) is 25.4 Å². The Hall–Kier alpha value is -2.75. The number of sulfonamides is 1. The lowest BCUT2D eigenvalue weighted by molar-refractivity contribution is 0.390. The van der Waals surface area contributed by atoms with Gasteiger partial charge in [0.2, 0.25) is 0 Å². The van der Waals surface area contributed by atoms with Gasteiger partial charge < -0.3 is 4.52 Å². The van der Waals surface area contributed by atoms with Crippen LogP contribution in [0.3, 0.4) is 0 Å². The molecule has 0 bridgehead atoms. The Morgan fingerprint density at radius 1 is 1.18 bits per heavy atom. The molecule has 22 heavy (non-hydrogen) atoms. The number of tetrazole rings is 1. The van der Waals surface area contributed by atoms with Crippen LogP contribution in [0.1, 0.15) is 11.5 Å². The van der Waals surface area contributed by atoms with E-state index in [9.17, 15) is 8.42 Å². The number of anilines is 1. The van der Waals surface area contributed by atoms with Gasteiger partial charge in [-0.05, 0) is 48.5 Å². The highest BCUT2D eigenvalue weighted by Gasteiger charge is 2.24. The van der Waals surface area contributed by atoms with Gasteiger partial charge in [0.05, 0.1) is 5.69 Å². The molecule has 0 aliphatic heterocycles. The van der Waals surface area contributed by atoms with Gasteiger partial charge in [-0.15, -0.1) is 5.10 Å². The van der Waals surface area contributed by atoms with Crippen molar-refractivity contribution in [3.05, 3.63) is 42.0 Å². The summed E-state index contributed by atoms with van der Waals surface area (Å²) in [4.78, 5) is 0.0528. The molecular weight excluding hydrogens is 308 g/mol. The number of aromatic nitrogens is 5. The first-order valence-electron chi connectivity index (χ1n) is 6.26. The Balaban J connectivity index is 1.87. The average molecular weight is 320 g/mol. The van der Waals surface area contributed by atoms with Gasteiger partial charge in [-0.1, -0.05) is 5.16 Å². The van der Waals surface area contributed by atoms with Crippen LogP contribution in [0.4, 0.5) is 5.69 Å². The predicted octanol–water partition coefficient (Wildman–Crippen LogP) is 1.07. The SMILES string of the molecule is Cc1noc(C)c1S(=O)(=O)Nc1ccc(-n2cnnn2)cc1. The standard InChI is InChI=1S/C12H12N6O3S/c1-8-12(9(2)21-14-8)22(19,20)15-10-3-5-11(6-4-10)18-7-13-16-17-18/h3-7,15H,1-2H3. The summed E-state index contributed by atoms with van der Waals surface area (Å²) < 4.78 is 33.6. The molecule has 2 aromatic heterocycles. The molecule has 3 rings (SSSR count). The van der Waals surface area contributed by atoms with Crippen molar-refractivity contribution in [2.75, 3.05) is 4.72 Å². The van der Waals surface area contributed by atoms with Gasteiger partial charge in [0.25, 0.3) is 10.0 Å². The summed E-state index contributed by atoms with van der Waals surface area (Å²) >= 11 is 0. The monoisotopic (exact) mass is 320 g/mol. The third-order valence-electron chi connectivity index (χ3n) is 2.97. The summed E-state index contributed by atoms with van der Waals surface area (Å²) in [5.74, 6) is 0.246. The van der Waals surface area contributed by atoms with Gasteiger partial charge in [0, 0.05) is 5.69 Å². The summed E-state index contributed by atoms with van der Waals surface area (Å²) in [6, 6.07) is 6.63. The second-order valence-corrected chi connectivity index (χ2v) is 6.18. The van der Waals surface area contributed by atoms with E-state index in [1.807, 2.05) is 0 Å². The maximum absolute atomic E-state index is 12.4. The van der Waals surface area contributed by atoms with Gasteiger partial charge in [-0.2, -0.15) is 0 Å². The molecule has 0 amide bonds. The molecule has 0 saturated carbocycles. The van der Waals surface area contributed by atoms with Crippen molar-refractivity contribution in [1.82, 2.24) is 25.4 Å². The molecular formula is C12H12N6O3S. The van der Waals surface area contributed by atoms with Crippen molar-refractivity contribution >= 4 is 15.7 Å². The minimum absolute atomic E-state index is 0.0528. The molecule has 0 fully saturated rings. The van der Waals surface area contributed by atoms with E-state index in [1.54, 1.807) is 38.1 Å². The second kappa shape index (κ2) is 5.22. The maximum Gasteiger partial charge on any atom is 0.267 e. The largest absolute Gasteiger partial charge is 0.360 e. The Kier molecular flexibility index (Phi) is 3.37. The predicted molar refractivity (Wildman–Crippen MR) is 75.9 cm³/mol. The molecule has 10 heteroatoms. The van der Waals surface area contributed by atoms with E-state index in [-0.39, 0.29) is 10.7 Å². The van der Waals surface area contributed by atoms with Crippen LogP contribution in [0.5, 0.6) is 0 Å². The van der Waals surface area contributed by atoms with Crippen molar-refractivity contribution in [1.29, 1.82) is 0 Å². The minimum atomic E-state index is -3.75. The van der Waals surface area contributed by atoms with E-state index in [0.29, 0.717) is 17.1 Å². The summed E-state index contributed by atoms with van der Waals surface area (Å²) in [5.41, 5.74) is 1.44. The highest BCUT2D eigenvalue weighted by molar-refractivity contribution is 7.92. The Morgan fingerprint density at radius 2 is 1.91 bits per heavy atom. The van der Waals surface area contributed by atoms with E-state index in [4.69, 9.17) is 4.52 Å². The Labute approximate surface area is 126 Å². The van der Waals surface area contributed by atoms with Crippen molar-refractivity contribution in [3.63, 3.8) is 0 Å². The van der Waals surface area contributed by atoms with Crippen LogP contribution in [0, 0.1) is 13.8 Å². The van der Waals surface area contributed by atoms with Crippen molar-refractivity contribution < 1.29 is 12.9 Å². The highest BCUT2D eigenvalue weighted by atomic mass is 32.2. The highest BCUT2D eigenvalue weighted by Crippen LogP contribution is 2.22. The molecule has 1 aromatic carbocycles. The topological polar surface area (TPSA) is 116 Å². The zero-order chi connectivity index (χ0) is 15.7. The molecule has 9 nitrogen and oxygen atoms in total. The minimum Gasteiger partial charge on any atom is -0.360 e. The van der Waals surface area contributed by atoms with Crippen LogP contribution in [0.2, 0.25) is 0 Å². The number of aryl methyl sites for hydroxylation is 2. The lowest BCUT2D eigenvalue weighted by atomic mass is 10.3. The Morgan fingerprint density at radius 3 is 2.45 bits per heavy atom. The number of benzene rings is 1. The molecule has 0 saturated heterocycles. The smallest absolute Gasteiger partial charge is 0.267 e. The first kappa shape index (κ1) is 14.2. The van der Waals surface area contributed by atoms with E-state index < -0.39 is 10.0 Å². The van der Waals surface area contributed by atoms with Gasteiger partial charge in [-0.25, -0.2) is 13.1 Å². The molecule has 0 unspecified atom stereocenters. The van der Waals surface area contributed by atoms with Crippen molar-refractivity contribution in [2.24, 2.45) is 0 Å². The van der Waals surface area contributed by atoms with E-state index >= 15 is 0 Å². The molecule has 3 aromatic rings. The summed E-state index contributed by atoms with van der Waals surface area (Å²) in [6.07, 6.45) is 1.45. The summed E-state index contributed by atoms with van der Waals surface area (Å²) in [6.45, 7) is 3.13. The lowest BCUT2D eigenvalue weighted by Crippen LogP contribution is -2.14. The molecule has 0 radical (unpaired) electrons. The van der Waals surface area contributed by atoms with E-state index in [1.165, 1.54) is 11.0 Å². The molecule has 0 aliphatic rings. The first-order chi connectivity index (χ1) is 10.5. The summed E-state index contributed by atoms with van der Waals surface area (Å²) in [7, 11) is -3.75. The van der Waals surface area contributed by atoms with Crippen molar-refractivity contribution in [2.45, 2.75) is 18.7 Å². The van der Waals surface area contributed by atoms with Crippen LogP contribution in [0.15, 0.2) is 40.0 Å². The molecule has 2 heterocycles. The fourth-order valence-electron chi connectivity index (χ4n) is 2.03. The number of hydrogen-bond acceptors (Lipinski definition) is 7. The second-order valence-electron chi connectivity index (χ2n) is 4.56. The zero-order valence-electron chi connectivity index (χ0n) is 11.8. The average Bonchev–Trinajstić information content (AvgIpc) is 3.09. The molecule has 0 atom stereocenters. The van der Waals surface area contributed by atoms with Crippen LogP contribution in [-0.2, 0) is 10.0 Å². The van der Waals surface area contributed by atoms with Crippen LogP contribution < -0.4 is 4.72 Å². The maximum atomic E-state index is 12.4. The fourth-order valence-corrected chi connectivity index (χ4v) is 3.42. The summed E-state index contributed by atoms with van der Waals surface area (Å²) in [5, 5.41) is 14.5. The third kappa shape index (κ3) is 2.55. The van der Waals surface area contributed by atoms with Gasteiger partial charge >= 0.3 is 0 Å². The van der Waals surface area contributed by atoms with Crippen LogP contribution in [-0.4, -0.2) is 33.8 Å². The fraction of sp³-hybridized carbons (Fsp3) is 0.167. The number of hydrogen-bond donors (Lipinski definition) is 1. The molecule has 0 spiro atoms. The van der Waals surface area contributed by atoms with Gasteiger partial charge in [-0.3, -0.25) is 4.72 Å². The quantitative estimate of drug-likeness (QED) is 0.764. The van der Waals surface area contributed by atoms with Gasteiger partial charge in [0.1, 0.15) is 12.0 Å². The van der Waals surface area contributed by atoms with Crippen LogP contribution >= 0.6 is 0 Å². The van der Waals surface area contributed by atoms with Crippen LogP contribution in [0.25, 0.3) is 5.69 Å². The normalized spacial score (nSPS) is 11.5. The zero-order valence-corrected chi connectivity index (χ0v) is 12.6. The lowest BCUT2D eigenvalue weighted by Gasteiger charge is -2.08. The number of rotatable bonds is 4. The van der Waals surface area contributed by atoms with Gasteiger partial charge in [0.15, 0.2) is 10.7 Å². The third-order valence-corrected chi connectivity index (χ3v) is 4.59. The molecule has 114 valence electrons. The first-order valence-corrected chi connectivity index (χ1v) is 7.75. The number of nitrogens with zero attached hydrogens (tertiary/aromatic N) is 5.